The van der Waals surface area contributed by atoms with Gasteiger partial charge in [-0.05, 0) is 62.4 Å². The lowest BCUT2D eigenvalue weighted by molar-refractivity contribution is 0.600. The van der Waals surface area contributed by atoms with Crippen LogP contribution in [-0.2, 0) is 6.42 Å². The molecule has 1 heterocycles. The number of hydrogen-bond acceptors (Lipinski definition) is 1. The van der Waals surface area contributed by atoms with Crippen molar-refractivity contribution in [1.29, 1.82) is 0 Å². The van der Waals surface area contributed by atoms with E-state index < -0.39 is 0 Å². The average molecular weight is 224 g/mol. The largest absolute Gasteiger partial charge is 0.314 e. The van der Waals surface area contributed by atoms with E-state index in [4.69, 9.17) is 11.6 Å². The van der Waals surface area contributed by atoms with Crippen LogP contribution in [0.15, 0.2) is 12.1 Å². The molecule has 1 N–H and O–H groups in total. The van der Waals surface area contributed by atoms with Crippen molar-refractivity contribution in [2.45, 2.75) is 39.2 Å². The first-order chi connectivity index (χ1) is 7.18. The van der Waals surface area contributed by atoms with E-state index in [1.807, 2.05) is 6.07 Å². The van der Waals surface area contributed by atoms with E-state index in [-0.39, 0.29) is 0 Å². The monoisotopic (exact) mass is 223 g/mol. The van der Waals surface area contributed by atoms with Gasteiger partial charge in [-0.3, -0.25) is 0 Å². The number of nitrogens with one attached hydrogen (secondary N) is 1. The maximum absolute atomic E-state index is 6.15. The van der Waals surface area contributed by atoms with E-state index in [0.29, 0.717) is 6.04 Å². The van der Waals surface area contributed by atoms with Crippen LogP contribution in [-0.4, -0.2) is 12.6 Å². The summed E-state index contributed by atoms with van der Waals surface area (Å²) in [7, 11) is 0. The van der Waals surface area contributed by atoms with E-state index in [1.54, 1.807) is 0 Å². The van der Waals surface area contributed by atoms with Crippen molar-refractivity contribution >= 4 is 11.6 Å². The van der Waals surface area contributed by atoms with Crippen molar-refractivity contribution in [1.82, 2.24) is 5.32 Å². The lowest BCUT2D eigenvalue weighted by atomic mass is 9.96. The van der Waals surface area contributed by atoms with Gasteiger partial charge >= 0.3 is 0 Å². The maximum Gasteiger partial charge on any atom is 0.0438 e. The Kier molecular flexibility index (Phi) is 3.32. The molecule has 15 heavy (non-hydrogen) atoms. The zero-order valence-electron chi connectivity index (χ0n) is 9.44. The third kappa shape index (κ3) is 2.35. The summed E-state index contributed by atoms with van der Waals surface area (Å²) < 4.78 is 0. The van der Waals surface area contributed by atoms with Gasteiger partial charge < -0.3 is 5.32 Å². The van der Waals surface area contributed by atoms with Gasteiger partial charge in [0.1, 0.15) is 0 Å². The Morgan fingerprint density at radius 3 is 2.87 bits per heavy atom. The first kappa shape index (κ1) is 11.0. The van der Waals surface area contributed by atoms with Crippen molar-refractivity contribution in [2.75, 3.05) is 6.54 Å². The van der Waals surface area contributed by atoms with E-state index in [2.05, 4.69) is 25.2 Å². The lowest BCUT2D eigenvalue weighted by Crippen LogP contribution is -2.24. The molecule has 2 heteroatoms. The summed E-state index contributed by atoms with van der Waals surface area (Å²) in [6.07, 6.45) is 3.73. The fraction of sp³-hybridized carbons (Fsp3) is 0.538. The van der Waals surface area contributed by atoms with Gasteiger partial charge in [0.25, 0.3) is 0 Å². The Hall–Kier alpha value is -0.530. The van der Waals surface area contributed by atoms with Crippen molar-refractivity contribution < 1.29 is 0 Å². The maximum atomic E-state index is 6.15. The molecule has 0 aliphatic carbocycles. The number of rotatable bonds is 2. The van der Waals surface area contributed by atoms with Gasteiger partial charge in [-0.1, -0.05) is 17.7 Å². The molecular weight excluding hydrogens is 206 g/mol. The molecule has 1 aromatic carbocycles. The molecule has 1 saturated heterocycles. The van der Waals surface area contributed by atoms with Crippen LogP contribution in [0, 0.1) is 13.8 Å². The van der Waals surface area contributed by atoms with Gasteiger partial charge in [0.15, 0.2) is 0 Å². The molecule has 82 valence electrons. The molecule has 0 amide bonds. The molecular formula is C13H18ClN. The van der Waals surface area contributed by atoms with Crippen LogP contribution >= 0.6 is 11.6 Å². The van der Waals surface area contributed by atoms with E-state index in [9.17, 15) is 0 Å². The quantitative estimate of drug-likeness (QED) is 0.812. The highest BCUT2D eigenvalue weighted by atomic mass is 35.5. The van der Waals surface area contributed by atoms with Gasteiger partial charge in [0.05, 0.1) is 0 Å². The summed E-state index contributed by atoms with van der Waals surface area (Å²) in [5.74, 6) is 0. The van der Waals surface area contributed by atoms with Crippen LogP contribution in [0.2, 0.25) is 5.02 Å². The van der Waals surface area contributed by atoms with Crippen LogP contribution in [0.4, 0.5) is 0 Å². The predicted octanol–water partition coefficient (Wildman–Crippen LogP) is 3.25. The molecule has 2 rings (SSSR count). The first-order valence-electron chi connectivity index (χ1n) is 5.66. The second-order valence-electron chi connectivity index (χ2n) is 4.47. The second kappa shape index (κ2) is 4.54. The normalized spacial score (nSPS) is 20.9. The van der Waals surface area contributed by atoms with Crippen molar-refractivity contribution in [2.24, 2.45) is 0 Å². The number of benzene rings is 1. The Balaban J connectivity index is 2.22. The molecule has 0 spiro atoms. The van der Waals surface area contributed by atoms with E-state index >= 15 is 0 Å². The molecule has 1 nitrogen and oxygen atoms in total. The summed E-state index contributed by atoms with van der Waals surface area (Å²) in [6, 6.07) is 4.78. The van der Waals surface area contributed by atoms with Crippen LogP contribution in [0.25, 0.3) is 0 Å². The van der Waals surface area contributed by atoms with Crippen molar-refractivity contribution in [3.8, 4) is 0 Å². The SMILES string of the molecule is Cc1ccc(Cl)c(C)c1CC1CCCN1. The van der Waals surface area contributed by atoms with Gasteiger partial charge in [0, 0.05) is 11.1 Å². The van der Waals surface area contributed by atoms with Crippen LogP contribution < -0.4 is 5.32 Å². The van der Waals surface area contributed by atoms with Crippen molar-refractivity contribution in [3.05, 3.63) is 33.8 Å². The molecule has 1 unspecified atom stereocenters. The number of halogens is 1. The zero-order valence-corrected chi connectivity index (χ0v) is 10.2. The molecule has 0 radical (unpaired) electrons. The Morgan fingerprint density at radius 2 is 2.20 bits per heavy atom. The van der Waals surface area contributed by atoms with Gasteiger partial charge in [0.2, 0.25) is 0 Å². The second-order valence-corrected chi connectivity index (χ2v) is 4.87. The smallest absolute Gasteiger partial charge is 0.0438 e. The predicted molar refractivity (Wildman–Crippen MR) is 65.7 cm³/mol. The highest BCUT2D eigenvalue weighted by Crippen LogP contribution is 2.24. The summed E-state index contributed by atoms with van der Waals surface area (Å²) in [5, 5.41) is 4.43. The Bertz CT molecular complexity index is 354. The topological polar surface area (TPSA) is 12.0 Å². The Morgan fingerprint density at radius 1 is 1.40 bits per heavy atom. The molecule has 0 bridgehead atoms. The summed E-state index contributed by atoms with van der Waals surface area (Å²) in [4.78, 5) is 0. The fourth-order valence-corrected chi connectivity index (χ4v) is 2.53. The van der Waals surface area contributed by atoms with Crippen LogP contribution in [0.5, 0.6) is 0 Å². The first-order valence-corrected chi connectivity index (χ1v) is 6.04. The fourth-order valence-electron chi connectivity index (χ4n) is 2.36. The standard InChI is InChI=1S/C13H18ClN/c1-9-5-6-13(14)10(2)12(9)8-11-4-3-7-15-11/h5-6,11,15H,3-4,7-8H2,1-2H3. The third-order valence-electron chi connectivity index (χ3n) is 3.38. The molecule has 1 aromatic rings. The van der Waals surface area contributed by atoms with E-state index in [0.717, 1.165) is 11.4 Å². The molecule has 1 atom stereocenters. The van der Waals surface area contributed by atoms with Crippen LogP contribution in [0.3, 0.4) is 0 Å². The summed E-state index contributed by atoms with van der Waals surface area (Å²) in [6.45, 7) is 5.47. The minimum absolute atomic E-state index is 0.654. The third-order valence-corrected chi connectivity index (χ3v) is 3.79. The highest BCUT2D eigenvalue weighted by molar-refractivity contribution is 6.31. The van der Waals surface area contributed by atoms with E-state index in [1.165, 1.54) is 36.1 Å². The number of hydrogen-bond donors (Lipinski definition) is 1. The molecule has 1 aliphatic heterocycles. The lowest BCUT2D eigenvalue weighted by Gasteiger charge is -2.15. The van der Waals surface area contributed by atoms with Gasteiger partial charge in [-0.15, -0.1) is 0 Å². The number of aryl methyl sites for hydroxylation is 1. The van der Waals surface area contributed by atoms with Gasteiger partial charge in [-0.25, -0.2) is 0 Å². The average Bonchev–Trinajstić information content (AvgIpc) is 2.71. The summed E-state index contributed by atoms with van der Waals surface area (Å²) in [5.41, 5.74) is 4.05. The highest BCUT2D eigenvalue weighted by Gasteiger charge is 2.17. The Labute approximate surface area is 96.8 Å². The van der Waals surface area contributed by atoms with Gasteiger partial charge in [-0.2, -0.15) is 0 Å². The molecule has 1 aliphatic rings. The molecule has 0 saturated carbocycles. The van der Waals surface area contributed by atoms with Crippen molar-refractivity contribution in [3.63, 3.8) is 0 Å². The molecule has 0 aromatic heterocycles. The minimum Gasteiger partial charge on any atom is -0.314 e. The zero-order chi connectivity index (χ0) is 10.8. The summed E-state index contributed by atoms with van der Waals surface area (Å²) >= 11 is 6.15. The minimum atomic E-state index is 0.654. The molecule has 1 fully saturated rings. The van der Waals surface area contributed by atoms with Crippen LogP contribution in [0.1, 0.15) is 29.5 Å².